The van der Waals surface area contributed by atoms with Crippen LogP contribution in [0.2, 0.25) is 0 Å². The van der Waals surface area contributed by atoms with Crippen molar-refractivity contribution in [2.75, 3.05) is 324 Å². The van der Waals surface area contributed by atoms with E-state index in [0.717, 1.165) is 0 Å². The predicted molar refractivity (Wildman–Crippen MR) is 460 cm³/mol. The summed E-state index contributed by atoms with van der Waals surface area (Å²) in [5, 5.41) is 25.6. The number of halogens is 1. The van der Waals surface area contributed by atoms with Crippen molar-refractivity contribution >= 4 is 77.6 Å². The van der Waals surface area contributed by atoms with Crippen molar-refractivity contribution in [3.05, 3.63) is 0 Å². The second kappa shape index (κ2) is 95.2. The molecule has 1 heterocycles. The monoisotopic (exact) mass is 1900 g/mol. The van der Waals surface area contributed by atoms with Gasteiger partial charge in [0, 0.05) is 84.5 Å². The number of carbonyl (C=O) groups excluding carboxylic acids is 8. The summed E-state index contributed by atoms with van der Waals surface area (Å²) in [4.78, 5) is 127. The van der Waals surface area contributed by atoms with Gasteiger partial charge in [-0.3, -0.25) is 33.6 Å². The van der Waals surface area contributed by atoms with Crippen molar-refractivity contribution in [3.8, 4) is 0 Å². The average Bonchev–Trinajstić information content (AvgIpc) is 1.73. The van der Waals surface area contributed by atoms with E-state index in [1.807, 2.05) is 62.3 Å². The Hall–Kier alpha value is -5.94. The van der Waals surface area contributed by atoms with Gasteiger partial charge in [0.2, 0.25) is 0 Å². The predicted octanol–water partition coefficient (Wildman–Crippen LogP) is 3.65. The van der Waals surface area contributed by atoms with Gasteiger partial charge in [-0.2, -0.15) is 0 Å². The molecule has 45 heteroatoms. The molecule has 0 aromatic heterocycles. The van der Waals surface area contributed by atoms with E-state index in [1.54, 1.807) is 0 Å². The molecule has 1 rings (SSSR count). The van der Waals surface area contributed by atoms with Gasteiger partial charge in [0.05, 0.1) is 244 Å². The summed E-state index contributed by atoms with van der Waals surface area (Å²) in [6.07, 6.45) is 4.91. The molecule has 0 spiro atoms. The molecule has 44 nitrogen and oxygen atoms in total. The summed E-state index contributed by atoms with van der Waals surface area (Å²) in [5.74, 6) is -5.53. The number of hydrogen-bond donors (Lipinski definition) is 4. The Morgan fingerprint density at radius 3 is 0.612 bits per heavy atom. The number of carboxylic acid groups (broad SMARTS) is 3. The molecule has 760 valence electrons. The van der Waals surface area contributed by atoms with Crippen LogP contribution in [0.5, 0.6) is 0 Å². The van der Waals surface area contributed by atoms with Crippen molar-refractivity contribution in [1.82, 2.24) is 5.06 Å². The first-order valence-electron chi connectivity index (χ1n) is 43.3. The van der Waals surface area contributed by atoms with E-state index in [1.165, 1.54) is 0 Å². The van der Waals surface area contributed by atoms with Crippen LogP contribution in [0.3, 0.4) is 0 Å². The molecule has 1 fully saturated rings. The summed E-state index contributed by atoms with van der Waals surface area (Å²) < 4.78 is 142. The number of esters is 3. The molecule has 0 aromatic rings. The van der Waals surface area contributed by atoms with Gasteiger partial charge in [-0.05, 0) is 94.4 Å². The maximum atomic E-state index is 11.9. The highest BCUT2D eigenvalue weighted by Gasteiger charge is 2.33. The fourth-order valence-electron chi connectivity index (χ4n) is 8.85. The van der Waals surface area contributed by atoms with Crippen molar-refractivity contribution in [2.24, 2.45) is 5.73 Å². The molecule has 0 radical (unpaired) electrons. The number of rotatable bonds is 89. The third-order valence-electron chi connectivity index (χ3n) is 14.3. The molecule has 1 aliphatic heterocycles. The van der Waals surface area contributed by atoms with Crippen LogP contribution in [-0.4, -0.2) is 426 Å². The van der Waals surface area contributed by atoms with Gasteiger partial charge < -0.3 is 154 Å². The molecule has 0 bridgehead atoms. The Balaban J connectivity index is -0.000000829. The lowest BCUT2D eigenvalue weighted by molar-refractivity contribution is -0.200. The molecule has 0 aliphatic carbocycles. The zero-order chi connectivity index (χ0) is 95.4. The fourth-order valence-corrected chi connectivity index (χ4v) is 8.85. The Bertz CT molecular complexity index is 2680. The van der Waals surface area contributed by atoms with Crippen LogP contribution < -0.4 is 5.73 Å². The minimum atomic E-state index is -1.00. The molecule has 1 saturated heterocycles. The number of ketones is 2. The number of nitrogens with two attached hydrogens (primary N) is 1. The largest absolute Gasteiger partial charge is 0.480 e. The topological polar surface area (TPSA) is 536 Å². The van der Waals surface area contributed by atoms with E-state index in [2.05, 4.69) is 4.84 Å². The zero-order valence-electron chi connectivity index (χ0n) is 77.8. The van der Waals surface area contributed by atoms with E-state index in [4.69, 9.17) is 149 Å². The number of amides is 2. The molecular formula is C84H155ClN2O42. The van der Waals surface area contributed by atoms with E-state index >= 15 is 0 Å². The number of hydroxylamine groups is 2. The summed E-state index contributed by atoms with van der Waals surface area (Å²) >= 11 is 0. The molecular weight excluding hydrogens is 1740 g/mol. The third kappa shape index (κ3) is 112. The van der Waals surface area contributed by atoms with Crippen LogP contribution in [-0.2, 0) is 185 Å². The van der Waals surface area contributed by atoms with Crippen LogP contribution in [0.4, 0.5) is 0 Å². The van der Waals surface area contributed by atoms with Gasteiger partial charge >= 0.3 is 41.8 Å². The SMILES string of the molecule is CC(C)(C)OC(=O)CCCOCCOCCOCC(=O)CCCOCCOCCOCCOCCOCCOCC(=O)O.CC(C)(C)OC(=O)CCCOCCOCCOCC(=O)O.CC(C)(C)OC(=O)CCCOCCOCCOCC(=O)ON1C(=O)CCC1=O.Cl.NCCOCCOCCOCC(=O)CCCOCCOCCOCCOCCOCCOCC(=O)O. The van der Waals surface area contributed by atoms with E-state index in [0.29, 0.717) is 320 Å². The summed E-state index contributed by atoms with van der Waals surface area (Å²) in [6.45, 7) is 32.6. The maximum absolute atomic E-state index is 11.9. The first-order chi connectivity index (χ1) is 61.4. The summed E-state index contributed by atoms with van der Waals surface area (Å²) in [5.41, 5.74) is 3.91. The van der Waals surface area contributed by atoms with Crippen molar-refractivity contribution in [2.45, 2.75) is 156 Å². The smallest absolute Gasteiger partial charge is 0.358 e. The van der Waals surface area contributed by atoms with Gasteiger partial charge in [-0.1, -0.05) is 0 Å². The number of carbonyl (C=O) groups is 11. The van der Waals surface area contributed by atoms with Crippen LogP contribution in [0.25, 0.3) is 0 Å². The quantitative estimate of drug-likeness (QED) is 0.0292. The first-order valence-corrected chi connectivity index (χ1v) is 43.3. The minimum Gasteiger partial charge on any atom is -0.480 e. The summed E-state index contributed by atoms with van der Waals surface area (Å²) in [6, 6.07) is 0. The highest BCUT2D eigenvalue weighted by molar-refractivity contribution is 6.01. The fraction of sp³-hybridized carbons (Fsp3) is 0.869. The second-order valence-electron chi connectivity index (χ2n) is 29.7. The molecule has 1 aliphatic rings. The standard InChI is InChI=1S/C29H54O14.C23H45NO12.C18H29NO9.C14H26O7.ClH/c1-29(2,3)43-28(33)7-5-9-35-11-13-39-20-22-41-24-26(30)6-4-8-34-10-12-36-14-15-37-16-17-38-18-19-40-21-23-42-25-27(31)32;24-3-5-29-7-9-33-16-18-35-20-22(25)2-1-4-28-6-8-30-10-11-31-12-13-32-14-15-34-17-19-36-21-23(26)27;1-18(2,3)27-16(22)5-4-8-24-9-10-25-11-12-26-13-17(23)28-19-14(20)6-7-15(19)21;1-14(2,3)21-13(17)5-4-6-18-7-8-19-9-10-20-11-12(15)16;/h4-25H2,1-3H3,(H,31,32);1-21,24H2,(H,26,27);4-13H2,1-3H3;4-11H2,1-3H3,(H,15,16);1H. The highest BCUT2D eigenvalue weighted by Crippen LogP contribution is 2.14. The van der Waals surface area contributed by atoms with Crippen molar-refractivity contribution in [1.29, 1.82) is 0 Å². The number of carboxylic acids is 3. The van der Waals surface area contributed by atoms with Crippen LogP contribution in [0.15, 0.2) is 0 Å². The third-order valence-corrected chi connectivity index (χ3v) is 14.3. The molecule has 129 heavy (non-hydrogen) atoms. The minimum absolute atomic E-state index is 0. The van der Waals surface area contributed by atoms with Crippen LogP contribution in [0.1, 0.15) is 139 Å². The van der Waals surface area contributed by atoms with Crippen molar-refractivity contribution < 1.29 is 201 Å². The number of Topliss-reactive ketones (excluding diaryl/α,β-unsaturated/α-hetero) is 2. The Morgan fingerprint density at radius 1 is 0.248 bits per heavy atom. The molecule has 0 aromatic carbocycles. The van der Waals surface area contributed by atoms with Gasteiger partial charge in [-0.25, -0.2) is 19.2 Å². The second-order valence-corrected chi connectivity index (χ2v) is 29.7. The molecule has 2 amide bonds. The maximum Gasteiger partial charge on any atom is 0.358 e. The molecule has 5 N–H and O–H groups in total. The van der Waals surface area contributed by atoms with Gasteiger partial charge in [0.25, 0.3) is 11.8 Å². The van der Waals surface area contributed by atoms with E-state index in [-0.39, 0.29) is 127 Å². The number of imide groups is 1. The van der Waals surface area contributed by atoms with Crippen LogP contribution >= 0.6 is 12.4 Å². The van der Waals surface area contributed by atoms with Gasteiger partial charge in [0.15, 0.2) is 11.6 Å². The lowest BCUT2D eigenvalue weighted by atomic mass is 10.2. The Labute approximate surface area is 766 Å². The number of nitrogens with zero attached hydrogens (tertiary/aromatic N) is 1. The Kier molecular flexibility index (Phi) is 95.5. The van der Waals surface area contributed by atoms with Gasteiger partial charge in [0.1, 0.15) is 56.4 Å². The molecule has 0 unspecified atom stereocenters. The zero-order valence-corrected chi connectivity index (χ0v) is 78.6. The lowest BCUT2D eigenvalue weighted by Gasteiger charge is -2.19. The van der Waals surface area contributed by atoms with Crippen LogP contribution in [0, 0.1) is 0 Å². The Morgan fingerprint density at radius 2 is 0.419 bits per heavy atom. The molecule has 0 saturated carbocycles. The van der Waals surface area contributed by atoms with E-state index < -0.39 is 52.5 Å². The average molecular weight is 1900 g/mol. The first kappa shape index (κ1) is 129. The van der Waals surface area contributed by atoms with E-state index in [9.17, 15) is 52.7 Å². The van der Waals surface area contributed by atoms with Crippen molar-refractivity contribution in [3.63, 3.8) is 0 Å². The molecule has 0 atom stereocenters. The number of hydrogen-bond acceptors (Lipinski definition) is 40. The normalized spacial score (nSPS) is 12.0. The number of ether oxygens (including phenoxy) is 27. The van der Waals surface area contributed by atoms with Gasteiger partial charge in [-0.15, -0.1) is 17.5 Å². The number of aliphatic carboxylic acids is 3. The summed E-state index contributed by atoms with van der Waals surface area (Å²) in [7, 11) is 0. The highest BCUT2D eigenvalue weighted by atomic mass is 35.5. The lowest BCUT2D eigenvalue weighted by Crippen LogP contribution is -2.33.